The van der Waals surface area contributed by atoms with Gasteiger partial charge in [-0.1, -0.05) is 34.0 Å². The molecule has 0 aliphatic carbocycles. The Morgan fingerprint density at radius 2 is 2.05 bits per heavy atom. The highest BCUT2D eigenvalue weighted by Gasteiger charge is 2.06. The fraction of sp³-hybridized carbons (Fsp3) is 0.400. The zero-order chi connectivity index (χ0) is 13.7. The average Bonchev–Trinajstić information content (AvgIpc) is 2.42. The largest absolute Gasteiger partial charge is 0.374 e. The number of aromatic nitrogens is 1. The summed E-state index contributed by atoms with van der Waals surface area (Å²) in [5.74, 6) is 0. The van der Waals surface area contributed by atoms with Crippen LogP contribution >= 0.6 is 27.5 Å². The zero-order valence-corrected chi connectivity index (χ0v) is 13.4. The van der Waals surface area contributed by atoms with Crippen LogP contribution in [0.2, 0.25) is 5.02 Å². The first-order chi connectivity index (χ1) is 9.22. The Morgan fingerprint density at radius 3 is 2.84 bits per heavy atom. The van der Waals surface area contributed by atoms with Crippen LogP contribution in [-0.2, 0) is 0 Å². The Hall–Kier alpha value is -0.800. The number of nitrogens with zero attached hydrogens (tertiary/aromatic N) is 2. The van der Waals surface area contributed by atoms with E-state index in [-0.39, 0.29) is 0 Å². The molecule has 0 aliphatic rings. The fourth-order valence-corrected chi connectivity index (χ4v) is 2.74. The number of pyridine rings is 1. The third kappa shape index (κ3) is 3.83. The molecule has 2 aromatic rings. The summed E-state index contributed by atoms with van der Waals surface area (Å²) in [6, 6.07) is 7.96. The van der Waals surface area contributed by atoms with Crippen LogP contribution in [0.5, 0.6) is 0 Å². The maximum Gasteiger partial charge on any atom is 0.0737 e. The average molecular weight is 342 g/mol. The molecule has 0 N–H and O–H groups in total. The fourth-order valence-electron chi connectivity index (χ4n) is 2.18. The third-order valence-corrected chi connectivity index (χ3v) is 4.02. The molecule has 0 bridgehead atoms. The highest BCUT2D eigenvalue weighted by molar-refractivity contribution is 9.09. The second kappa shape index (κ2) is 7.11. The highest BCUT2D eigenvalue weighted by atomic mass is 79.9. The molecule has 102 valence electrons. The van der Waals surface area contributed by atoms with E-state index >= 15 is 0 Å². The van der Waals surface area contributed by atoms with Crippen molar-refractivity contribution in [1.82, 2.24) is 4.98 Å². The van der Waals surface area contributed by atoms with E-state index in [1.807, 2.05) is 18.3 Å². The molecule has 2 nitrogen and oxygen atoms in total. The predicted molar refractivity (Wildman–Crippen MR) is 87.7 cm³/mol. The molecule has 0 amide bonds. The number of hydrogen-bond donors (Lipinski definition) is 0. The summed E-state index contributed by atoms with van der Waals surface area (Å²) in [5, 5.41) is 2.99. The third-order valence-electron chi connectivity index (χ3n) is 3.22. The number of hydrogen-bond acceptors (Lipinski definition) is 2. The van der Waals surface area contributed by atoms with E-state index in [0.29, 0.717) is 0 Å². The maximum atomic E-state index is 6.01. The predicted octanol–water partition coefficient (Wildman–Crippen LogP) is 4.89. The molecule has 0 aliphatic heterocycles. The van der Waals surface area contributed by atoms with Gasteiger partial charge in [0.1, 0.15) is 0 Å². The highest BCUT2D eigenvalue weighted by Crippen LogP contribution is 2.26. The Morgan fingerprint density at radius 1 is 1.21 bits per heavy atom. The first kappa shape index (κ1) is 14.6. The van der Waals surface area contributed by atoms with Gasteiger partial charge in [0.05, 0.1) is 5.52 Å². The van der Waals surface area contributed by atoms with Gasteiger partial charge in [0, 0.05) is 41.2 Å². The summed E-state index contributed by atoms with van der Waals surface area (Å²) in [5.41, 5.74) is 2.18. The molecule has 0 radical (unpaired) electrons. The number of fused-ring (bicyclic) bond motifs is 1. The van der Waals surface area contributed by atoms with Crippen molar-refractivity contribution in [2.45, 2.75) is 19.3 Å². The van der Waals surface area contributed by atoms with Crippen molar-refractivity contribution in [3.8, 4) is 0 Å². The summed E-state index contributed by atoms with van der Waals surface area (Å²) in [7, 11) is 2.14. The summed E-state index contributed by atoms with van der Waals surface area (Å²) in [6.07, 6.45) is 5.55. The van der Waals surface area contributed by atoms with Crippen LogP contribution in [-0.4, -0.2) is 23.9 Å². The van der Waals surface area contributed by atoms with Crippen molar-refractivity contribution >= 4 is 44.1 Å². The lowest BCUT2D eigenvalue weighted by Crippen LogP contribution is -2.18. The smallest absolute Gasteiger partial charge is 0.0737 e. The van der Waals surface area contributed by atoms with Gasteiger partial charge < -0.3 is 4.90 Å². The molecule has 1 aromatic carbocycles. The van der Waals surface area contributed by atoms with Gasteiger partial charge in [-0.25, -0.2) is 0 Å². The minimum absolute atomic E-state index is 0.733. The number of halogens is 2. The number of benzene rings is 1. The van der Waals surface area contributed by atoms with Gasteiger partial charge in [-0.3, -0.25) is 4.98 Å². The normalized spacial score (nSPS) is 10.9. The molecule has 0 saturated carbocycles. The summed E-state index contributed by atoms with van der Waals surface area (Å²) < 4.78 is 0. The van der Waals surface area contributed by atoms with Crippen molar-refractivity contribution in [3.05, 3.63) is 35.5 Å². The lowest BCUT2D eigenvalue weighted by Gasteiger charge is -2.20. The minimum atomic E-state index is 0.733. The van der Waals surface area contributed by atoms with Gasteiger partial charge in [0.2, 0.25) is 0 Å². The van der Waals surface area contributed by atoms with E-state index in [1.54, 1.807) is 0 Å². The molecular formula is C15H18BrClN2. The molecular weight excluding hydrogens is 324 g/mol. The molecule has 0 atom stereocenters. The monoisotopic (exact) mass is 340 g/mol. The second-order valence-electron chi connectivity index (χ2n) is 4.66. The summed E-state index contributed by atoms with van der Waals surface area (Å²) in [6.45, 7) is 1.06. The zero-order valence-electron chi connectivity index (χ0n) is 11.1. The van der Waals surface area contributed by atoms with Crippen LogP contribution < -0.4 is 4.90 Å². The first-order valence-corrected chi connectivity index (χ1v) is 8.03. The Kier molecular flexibility index (Phi) is 5.46. The molecule has 0 fully saturated rings. The number of unbranched alkanes of at least 4 members (excludes halogenated alkanes) is 2. The Balaban J connectivity index is 2.15. The minimum Gasteiger partial charge on any atom is -0.374 e. The topological polar surface area (TPSA) is 16.1 Å². The van der Waals surface area contributed by atoms with Gasteiger partial charge in [0.25, 0.3) is 0 Å². The quantitative estimate of drug-likeness (QED) is 0.549. The number of rotatable bonds is 6. The number of anilines is 1. The first-order valence-electron chi connectivity index (χ1n) is 6.54. The molecule has 19 heavy (non-hydrogen) atoms. The van der Waals surface area contributed by atoms with E-state index in [1.165, 1.54) is 24.9 Å². The van der Waals surface area contributed by atoms with Gasteiger partial charge in [-0.05, 0) is 37.1 Å². The van der Waals surface area contributed by atoms with E-state index < -0.39 is 0 Å². The molecule has 0 spiro atoms. The van der Waals surface area contributed by atoms with E-state index in [2.05, 4.69) is 45.0 Å². The molecule has 0 unspecified atom stereocenters. The molecule has 1 aromatic heterocycles. The standard InChI is InChI=1S/C15H18BrClN2/c1-19(10-4-2-3-8-16)15-7-9-18-14-11-12(17)5-6-13(14)15/h5-7,9,11H,2-4,8,10H2,1H3. The Labute approximate surface area is 127 Å². The molecule has 4 heteroatoms. The van der Waals surface area contributed by atoms with E-state index in [0.717, 1.165) is 27.8 Å². The molecule has 2 rings (SSSR count). The van der Waals surface area contributed by atoms with E-state index in [9.17, 15) is 0 Å². The van der Waals surface area contributed by atoms with Gasteiger partial charge in [0.15, 0.2) is 0 Å². The van der Waals surface area contributed by atoms with Gasteiger partial charge >= 0.3 is 0 Å². The van der Waals surface area contributed by atoms with Crippen LogP contribution in [0.1, 0.15) is 19.3 Å². The van der Waals surface area contributed by atoms with Gasteiger partial charge in [-0.2, -0.15) is 0 Å². The molecule has 1 heterocycles. The van der Waals surface area contributed by atoms with Crippen molar-refractivity contribution < 1.29 is 0 Å². The Bertz CT molecular complexity index is 545. The second-order valence-corrected chi connectivity index (χ2v) is 5.89. The van der Waals surface area contributed by atoms with Gasteiger partial charge in [-0.15, -0.1) is 0 Å². The lowest BCUT2D eigenvalue weighted by atomic mass is 10.1. The van der Waals surface area contributed by atoms with E-state index in [4.69, 9.17) is 11.6 Å². The van der Waals surface area contributed by atoms with Crippen molar-refractivity contribution in [1.29, 1.82) is 0 Å². The van der Waals surface area contributed by atoms with Crippen LogP contribution in [0.25, 0.3) is 10.9 Å². The van der Waals surface area contributed by atoms with Crippen molar-refractivity contribution in [2.24, 2.45) is 0 Å². The van der Waals surface area contributed by atoms with Crippen LogP contribution in [0, 0.1) is 0 Å². The summed E-state index contributed by atoms with van der Waals surface area (Å²) >= 11 is 9.48. The molecule has 0 saturated heterocycles. The van der Waals surface area contributed by atoms with Crippen molar-refractivity contribution in [3.63, 3.8) is 0 Å². The SMILES string of the molecule is CN(CCCCCBr)c1ccnc2cc(Cl)ccc12. The van der Waals surface area contributed by atoms with Crippen LogP contribution in [0.3, 0.4) is 0 Å². The lowest BCUT2D eigenvalue weighted by molar-refractivity contribution is 0.712. The van der Waals surface area contributed by atoms with Crippen LogP contribution in [0.15, 0.2) is 30.5 Å². The van der Waals surface area contributed by atoms with Crippen LogP contribution in [0.4, 0.5) is 5.69 Å². The maximum absolute atomic E-state index is 6.01. The number of alkyl halides is 1. The summed E-state index contributed by atoms with van der Waals surface area (Å²) in [4.78, 5) is 6.68. The van der Waals surface area contributed by atoms with Crippen molar-refractivity contribution in [2.75, 3.05) is 23.8 Å².